The number of rotatable bonds is 4. The van der Waals surface area contributed by atoms with E-state index in [1.807, 2.05) is 17.3 Å². The summed E-state index contributed by atoms with van der Waals surface area (Å²) in [7, 11) is 0. The van der Waals surface area contributed by atoms with Crippen molar-refractivity contribution in [3.63, 3.8) is 0 Å². The summed E-state index contributed by atoms with van der Waals surface area (Å²) in [4.78, 5) is 20.8. The van der Waals surface area contributed by atoms with Gasteiger partial charge in [0.05, 0.1) is 0 Å². The normalized spacial score (nSPS) is 22.5. The Balaban J connectivity index is 1.35. The molecule has 0 saturated carbocycles. The second kappa shape index (κ2) is 8.36. The van der Waals surface area contributed by atoms with Crippen LogP contribution in [-0.2, 0) is 0 Å². The van der Waals surface area contributed by atoms with Crippen molar-refractivity contribution in [2.75, 3.05) is 31.1 Å². The zero-order chi connectivity index (χ0) is 16.8. The van der Waals surface area contributed by atoms with Gasteiger partial charge < -0.3 is 15.1 Å². The van der Waals surface area contributed by atoms with Crippen molar-refractivity contribution < 1.29 is 4.79 Å². The summed E-state index contributed by atoms with van der Waals surface area (Å²) in [6.07, 6.45) is 10.8. The molecule has 0 aromatic carbocycles. The molecular weight excluding hydrogens is 300 g/mol. The Morgan fingerprint density at radius 1 is 1.17 bits per heavy atom. The number of pyridine rings is 1. The molecular formula is C19H30N4O. The molecule has 5 heteroatoms. The van der Waals surface area contributed by atoms with E-state index in [0.29, 0.717) is 6.04 Å². The summed E-state index contributed by atoms with van der Waals surface area (Å²) in [5.41, 5.74) is 1.27. The second-order valence-corrected chi connectivity index (χ2v) is 7.19. The van der Waals surface area contributed by atoms with Crippen LogP contribution >= 0.6 is 0 Å². The Labute approximate surface area is 145 Å². The van der Waals surface area contributed by atoms with Crippen LogP contribution in [0, 0.1) is 5.92 Å². The van der Waals surface area contributed by atoms with Crippen LogP contribution < -0.4 is 10.2 Å². The van der Waals surface area contributed by atoms with Crippen molar-refractivity contribution in [2.24, 2.45) is 5.92 Å². The molecule has 0 radical (unpaired) electrons. The van der Waals surface area contributed by atoms with Gasteiger partial charge in [0.25, 0.3) is 0 Å². The fourth-order valence-electron chi connectivity index (χ4n) is 3.92. The molecule has 3 heterocycles. The third kappa shape index (κ3) is 4.40. The molecule has 0 aliphatic carbocycles. The van der Waals surface area contributed by atoms with Gasteiger partial charge >= 0.3 is 6.03 Å². The van der Waals surface area contributed by atoms with Crippen LogP contribution in [0.15, 0.2) is 24.5 Å². The van der Waals surface area contributed by atoms with Gasteiger partial charge in [-0.3, -0.25) is 4.98 Å². The molecule has 1 atom stereocenters. The lowest BCUT2D eigenvalue weighted by atomic mass is 9.93. The topological polar surface area (TPSA) is 48.5 Å². The van der Waals surface area contributed by atoms with E-state index >= 15 is 0 Å². The molecule has 132 valence electrons. The van der Waals surface area contributed by atoms with E-state index in [9.17, 15) is 4.79 Å². The van der Waals surface area contributed by atoms with Gasteiger partial charge in [-0.2, -0.15) is 0 Å². The fraction of sp³-hybridized carbons (Fsp3) is 0.684. The van der Waals surface area contributed by atoms with Crippen LogP contribution in [0.1, 0.15) is 45.4 Å². The van der Waals surface area contributed by atoms with Gasteiger partial charge in [0, 0.05) is 50.3 Å². The zero-order valence-corrected chi connectivity index (χ0v) is 14.8. The summed E-state index contributed by atoms with van der Waals surface area (Å²) in [6.45, 7) is 6.09. The number of urea groups is 1. The lowest BCUT2D eigenvalue weighted by Gasteiger charge is -2.35. The van der Waals surface area contributed by atoms with Crippen molar-refractivity contribution in [3.8, 4) is 0 Å². The first-order valence-corrected chi connectivity index (χ1v) is 9.43. The monoisotopic (exact) mass is 330 g/mol. The molecule has 1 aromatic heterocycles. The van der Waals surface area contributed by atoms with E-state index in [2.05, 4.69) is 34.3 Å². The third-order valence-electron chi connectivity index (χ3n) is 5.54. The number of hydrogen-bond donors (Lipinski definition) is 1. The molecule has 2 saturated heterocycles. The Morgan fingerprint density at radius 2 is 1.92 bits per heavy atom. The number of aromatic nitrogens is 1. The van der Waals surface area contributed by atoms with Gasteiger partial charge in [0.15, 0.2) is 0 Å². The van der Waals surface area contributed by atoms with Crippen LogP contribution in [0.4, 0.5) is 10.5 Å². The molecule has 5 nitrogen and oxygen atoms in total. The minimum atomic E-state index is 0.136. The number of nitrogens with one attached hydrogen (secondary N) is 1. The van der Waals surface area contributed by atoms with E-state index in [1.165, 1.54) is 24.9 Å². The molecule has 2 aliphatic heterocycles. The fourth-order valence-corrected chi connectivity index (χ4v) is 3.92. The SMILES string of the molecule is CC1CCCCN1C(=O)NCCC1CCN(c2ccncc2)CC1. The first kappa shape index (κ1) is 17.1. The standard InChI is InChI=1S/C19H30N4O/c1-16-4-2-3-13-23(16)19(24)21-12-5-17-8-14-22(15-9-17)18-6-10-20-11-7-18/h6-7,10-11,16-17H,2-5,8-9,12-15H2,1H3,(H,21,24). The number of amides is 2. The average molecular weight is 330 g/mol. The maximum atomic E-state index is 12.3. The number of carbonyl (C=O) groups is 1. The zero-order valence-electron chi connectivity index (χ0n) is 14.8. The Hall–Kier alpha value is -1.78. The average Bonchev–Trinajstić information content (AvgIpc) is 2.63. The number of piperidine rings is 2. The number of likely N-dealkylation sites (tertiary alicyclic amines) is 1. The summed E-state index contributed by atoms with van der Waals surface area (Å²) in [5, 5.41) is 3.14. The molecule has 3 rings (SSSR count). The van der Waals surface area contributed by atoms with Crippen LogP contribution in [0.5, 0.6) is 0 Å². The highest BCUT2D eigenvalue weighted by atomic mass is 16.2. The molecule has 0 spiro atoms. The highest BCUT2D eigenvalue weighted by Crippen LogP contribution is 2.24. The van der Waals surface area contributed by atoms with E-state index in [1.54, 1.807) is 0 Å². The van der Waals surface area contributed by atoms with E-state index in [-0.39, 0.29) is 6.03 Å². The maximum absolute atomic E-state index is 12.3. The predicted octanol–water partition coefficient (Wildman–Crippen LogP) is 3.27. The van der Waals surface area contributed by atoms with Crippen LogP contribution in [0.2, 0.25) is 0 Å². The summed E-state index contributed by atoms with van der Waals surface area (Å²) in [5.74, 6) is 0.724. The summed E-state index contributed by atoms with van der Waals surface area (Å²) >= 11 is 0. The molecule has 24 heavy (non-hydrogen) atoms. The molecule has 1 N–H and O–H groups in total. The summed E-state index contributed by atoms with van der Waals surface area (Å²) < 4.78 is 0. The highest BCUT2D eigenvalue weighted by molar-refractivity contribution is 5.74. The van der Waals surface area contributed by atoms with Gasteiger partial charge in [-0.05, 0) is 63.5 Å². The van der Waals surface area contributed by atoms with Crippen molar-refractivity contribution in [1.29, 1.82) is 0 Å². The second-order valence-electron chi connectivity index (χ2n) is 7.19. The minimum absolute atomic E-state index is 0.136. The van der Waals surface area contributed by atoms with Crippen molar-refractivity contribution >= 4 is 11.7 Å². The van der Waals surface area contributed by atoms with Gasteiger partial charge in [-0.15, -0.1) is 0 Å². The number of hydrogen-bond acceptors (Lipinski definition) is 3. The molecule has 1 aromatic rings. The van der Waals surface area contributed by atoms with Gasteiger partial charge in [0.2, 0.25) is 0 Å². The Kier molecular flexibility index (Phi) is 5.94. The highest BCUT2D eigenvalue weighted by Gasteiger charge is 2.23. The lowest BCUT2D eigenvalue weighted by Crippen LogP contribution is -2.48. The molecule has 2 amide bonds. The van der Waals surface area contributed by atoms with E-state index in [0.717, 1.165) is 51.4 Å². The molecule has 0 bridgehead atoms. The van der Waals surface area contributed by atoms with Gasteiger partial charge in [0.1, 0.15) is 0 Å². The van der Waals surface area contributed by atoms with Crippen LogP contribution in [0.3, 0.4) is 0 Å². The summed E-state index contributed by atoms with van der Waals surface area (Å²) in [6, 6.07) is 4.69. The van der Waals surface area contributed by atoms with Crippen LogP contribution in [-0.4, -0.2) is 48.1 Å². The van der Waals surface area contributed by atoms with Crippen LogP contribution in [0.25, 0.3) is 0 Å². The smallest absolute Gasteiger partial charge is 0.317 e. The third-order valence-corrected chi connectivity index (χ3v) is 5.54. The van der Waals surface area contributed by atoms with Gasteiger partial charge in [-0.1, -0.05) is 0 Å². The Bertz CT molecular complexity index is 513. The van der Waals surface area contributed by atoms with E-state index in [4.69, 9.17) is 0 Å². The Morgan fingerprint density at radius 3 is 2.62 bits per heavy atom. The van der Waals surface area contributed by atoms with Crippen molar-refractivity contribution in [2.45, 2.75) is 51.5 Å². The first-order valence-electron chi connectivity index (χ1n) is 9.43. The van der Waals surface area contributed by atoms with Crippen molar-refractivity contribution in [1.82, 2.24) is 15.2 Å². The quantitative estimate of drug-likeness (QED) is 0.922. The molecule has 2 fully saturated rings. The first-order chi connectivity index (χ1) is 11.7. The predicted molar refractivity (Wildman–Crippen MR) is 97.2 cm³/mol. The van der Waals surface area contributed by atoms with Crippen molar-refractivity contribution in [3.05, 3.63) is 24.5 Å². The molecule has 1 unspecified atom stereocenters. The number of carbonyl (C=O) groups excluding carboxylic acids is 1. The van der Waals surface area contributed by atoms with Gasteiger partial charge in [-0.25, -0.2) is 4.79 Å². The number of anilines is 1. The van der Waals surface area contributed by atoms with E-state index < -0.39 is 0 Å². The molecule has 2 aliphatic rings. The largest absolute Gasteiger partial charge is 0.371 e. The lowest BCUT2D eigenvalue weighted by molar-refractivity contribution is 0.157. The maximum Gasteiger partial charge on any atom is 0.317 e. The minimum Gasteiger partial charge on any atom is -0.371 e. The number of nitrogens with zero attached hydrogens (tertiary/aromatic N) is 3.